The summed E-state index contributed by atoms with van der Waals surface area (Å²) in [4.78, 5) is 17.3. The predicted octanol–water partition coefficient (Wildman–Crippen LogP) is 2.84. The van der Waals surface area contributed by atoms with Crippen molar-refractivity contribution < 1.29 is 4.79 Å². The van der Waals surface area contributed by atoms with Gasteiger partial charge in [-0.15, -0.1) is 0 Å². The molecule has 1 amide bonds. The standard InChI is InChI=1S/C18H24N2O/c21-18(20-12-9-15-3-1-2-4-17(15)20)13-14-7-10-19(11-8-14)16-5-6-16/h1-4,14,16H,5-13H2. The predicted molar refractivity (Wildman–Crippen MR) is 84.4 cm³/mol. The molecule has 0 radical (unpaired) electrons. The third-order valence-electron chi connectivity index (χ3n) is 5.36. The summed E-state index contributed by atoms with van der Waals surface area (Å²) in [5.74, 6) is 0.935. The van der Waals surface area contributed by atoms with E-state index in [1.54, 1.807) is 0 Å². The largest absolute Gasteiger partial charge is 0.312 e. The van der Waals surface area contributed by atoms with Crippen LogP contribution in [-0.4, -0.2) is 36.5 Å². The Morgan fingerprint density at radius 2 is 1.81 bits per heavy atom. The number of carbonyl (C=O) groups excluding carboxylic acids is 1. The van der Waals surface area contributed by atoms with Gasteiger partial charge in [0.15, 0.2) is 0 Å². The molecule has 1 aliphatic carbocycles. The number of amides is 1. The maximum atomic E-state index is 12.6. The molecule has 0 N–H and O–H groups in total. The number of benzene rings is 1. The lowest BCUT2D eigenvalue weighted by Gasteiger charge is -2.32. The molecule has 112 valence electrons. The van der Waals surface area contributed by atoms with Crippen LogP contribution in [0, 0.1) is 5.92 Å². The second-order valence-electron chi connectivity index (χ2n) is 6.84. The molecule has 21 heavy (non-hydrogen) atoms. The maximum absolute atomic E-state index is 12.6. The zero-order valence-electron chi connectivity index (χ0n) is 12.6. The van der Waals surface area contributed by atoms with E-state index in [1.165, 1.54) is 44.3 Å². The van der Waals surface area contributed by atoms with E-state index >= 15 is 0 Å². The highest BCUT2D eigenvalue weighted by Gasteiger charge is 2.33. The van der Waals surface area contributed by atoms with Crippen molar-refractivity contribution in [1.29, 1.82) is 0 Å². The molecule has 1 saturated carbocycles. The molecule has 0 atom stereocenters. The Morgan fingerprint density at radius 3 is 2.57 bits per heavy atom. The third kappa shape index (κ3) is 2.71. The highest BCUT2D eigenvalue weighted by molar-refractivity contribution is 5.95. The van der Waals surface area contributed by atoms with E-state index in [0.717, 1.165) is 31.1 Å². The molecule has 1 aromatic rings. The van der Waals surface area contributed by atoms with Gasteiger partial charge in [-0.3, -0.25) is 4.79 Å². The lowest BCUT2D eigenvalue weighted by molar-refractivity contribution is -0.119. The van der Waals surface area contributed by atoms with Crippen molar-refractivity contribution in [2.24, 2.45) is 5.92 Å². The second kappa shape index (κ2) is 5.45. The van der Waals surface area contributed by atoms with Gasteiger partial charge in [0.05, 0.1) is 0 Å². The Morgan fingerprint density at radius 1 is 1.05 bits per heavy atom. The van der Waals surface area contributed by atoms with Crippen LogP contribution in [0.5, 0.6) is 0 Å². The van der Waals surface area contributed by atoms with Crippen LogP contribution >= 0.6 is 0 Å². The molecule has 4 rings (SSSR count). The molecule has 1 aromatic carbocycles. The Bertz CT molecular complexity index is 530. The van der Waals surface area contributed by atoms with Crippen molar-refractivity contribution in [3.63, 3.8) is 0 Å². The van der Waals surface area contributed by atoms with E-state index in [1.807, 2.05) is 11.0 Å². The lowest BCUT2D eigenvalue weighted by atomic mass is 9.93. The van der Waals surface area contributed by atoms with E-state index in [-0.39, 0.29) is 0 Å². The highest BCUT2D eigenvalue weighted by atomic mass is 16.2. The van der Waals surface area contributed by atoms with Gasteiger partial charge >= 0.3 is 0 Å². The molecule has 0 aromatic heterocycles. The number of hydrogen-bond donors (Lipinski definition) is 0. The number of rotatable bonds is 3. The zero-order valence-corrected chi connectivity index (χ0v) is 12.6. The number of anilines is 1. The van der Waals surface area contributed by atoms with E-state index in [9.17, 15) is 4.79 Å². The fourth-order valence-corrected chi connectivity index (χ4v) is 3.92. The zero-order chi connectivity index (χ0) is 14.2. The first-order valence-electron chi connectivity index (χ1n) is 8.43. The molecule has 2 heterocycles. The van der Waals surface area contributed by atoms with Gasteiger partial charge in [0.1, 0.15) is 0 Å². The first-order valence-corrected chi connectivity index (χ1v) is 8.43. The molecule has 0 bridgehead atoms. The van der Waals surface area contributed by atoms with Gasteiger partial charge in [-0.2, -0.15) is 0 Å². The van der Waals surface area contributed by atoms with E-state index in [2.05, 4.69) is 23.1 Å². The Balaban J connectivity index is 1.34. The number of nitrogens with zero attached hydrogens (tertiary/aromatic N) is 2. The van der Waals surface area contributed by atoms with Crippen LogP contribution in [0.1, 0.15) is 37.7 Å². The lowest BCUT2D eigenvalue weighted by Crippen LogP contribution is -2.38. The molecular weight excluding hydrogens is 260 g/mol. The monoisotopic (exact) mass is 284 g/mol. The van der Waals surface area contributed by atoms with Crippen LogP contribution in [0.15, 0.2) is 24.3 Å². The normalized spacial score (nSPS) is 23.3. The van der Waals surface area contributed by atoms with Crippen molar-refractivity contribution in [2.45, 2.75) is 44.6 Å². The summed E-state index contributed by atoms with van der Waals surface area (Å²) in [7, 11) is 0. The summed E-state index contributed by atoms with van der Waals surface area (Å²) in [5, 5.41) is 0. The molecule has 0 spiro atoms. The van der Waals surface area contributed by atoms with Gasteiger partial charge in [0.2, 0.25) is 5.91 Å². The minimum atomic E-state index is 0.338. The molecular formula is C18H24N2O. The molecule has 2 aliphatic heterocycles. The summed E-state index contributed by atoms with van der Waals surface area (Å²) in [5.41, 5.74) is 2.48. The quantitative estimate of drug-likeness (QED) is 0.852. The summed E-state index contributed by atoms with van der Waals surface area (Å²) in [6, 6.07) is 9.23. The van der Waals surface area contributed by atoms with Crippen LogP contribution in [0.4, 0.5) is 5.69 Å². The van der Waals surface area contributed by atoms with Crippen LogP contribution in [0.3, 0.4) is 0 Å². The molecule has 0 unspecified atom stereocenters. The van der Waals surface area contributed by atoms with Crippen molar-refractivity contribution in [1.82, 2.24) is 4.90 Å². The van der Waals surface area contributed by atoms with Crippen molar-refractivity contribution in [3.05, 3.63) is 29.8 Å². The highest BCUT2D eigenvalue weighted by Crippen LogP contribution is 2.33. The van der Waals surface area contributed by atoms with Gasteiger partial charge in [-0.25, -0.2) is 0 Å². The van der Waals surface area contributed by atoms with Gasteiger partial charge in [0.25, 0.3) is 0 Å². The van der Waals surface area contributed by atoms with Crippen molar-refractivity contribution >= 4 is 11.6 Å². The number of piperidine rings is 1. The molecule has 3 heteroatoms. The van der Waals surface area contributed by atoms with Crippen LogP contribution in [0.2, 0.25) is 0 Å². The van der Waals surface area contributed by atoms with E-state index < -0.39 is 0 Å². The summed E-state index contributed by atoms with van der Waals surface area (Å²) >= 11 is 0. The maximum Gasteiger partial charge on any atom is 0.227 e. The van der Waals surface area contributed by atoms with Crippen LogP contribution in [0.25, 0.3) is 0 Å². The van der Waals surface area contributed by atoms with E-state index in [0.29, 0.717) is 11.8 Å². The van der Waals surface area contributed by atoms with Crippen molar-refractivity contribution in [3.8, 4) is 0 Å². The SMILES string of the molecule is O=C(CC1CCN(C2CC2)CC1)N1CCc2ccccc21. The Labute approximate surface area is 126 Å². The molecule has 3 nitrogen and oxygen atoms in total. The van der Waals surface area contributed by atoms with E-state index in [4.69, 9.17) is 0 Å². The average Bonchev–Trinajstić information content (AvgIpc) is 3.27. The second-order valence-corrected chi connectivity index (χ2v) is 6.84. The average molecular weight is 284 g/mol. The minimum Gasteiger partial charge on any atom is -0.312 e. The molecule has 1 saturated heterocycles. The fraction of sp³-hybridized carbons (Fsp3) is 0.611. The number of carbonyl (C=O) groups is 1. The smallest absolute Gasteiger partial charge is 0.227 e. The van der Waals surface area contributed by atoms with Crippen LogP contribution in [-0.2, 0) is 11.2 Å². The number of fused-ring (bicyclic) bond motifs is 1. The number of para-hydroxylation sites is 1. The summed E-state index contributed by atoms with van der Waals surface area (Å²) < 4.78 is 0. The topological polar surface area (TPSA) is 23.6 Å². The third-order valence-corrected chi connectivity index (χ3v) is 5.36. The first-order chi connectivity index (χ1) is 10.3. The minimum absolute atomic E-state index is 0.338. The first kappa shape index (κ1) is 13.3. The van der Waals surface area contributed by atoms with Gasteiger partial charge in [-0.05, 0) is 62.7 Å². The summed E-state index contributed by atoms with van der Waals surface area (Å²) in [6.45, 7) is 3.29. The summed E-state index contributed by atoms with van der Waals surface area (Å²) in [6.07, 6.45) is 6.96. The number of hydrogen-bond acceptors (Lipinski definition) is 2. The van der Waals surface area contributed by atoms with Gasteiger partial charge in [-0.1, -0.05) is 18.2 Å². The fourth-order valence-electron chi connectivity index (χ4n) is 3.92. The van der Waals surface area contributed by atoms with Crippen LogP contribution < -0.4 is 4.90 Å². The molecule has 2 fully saturated rings. The Hall–Kier alpha value is -1.35. The number of likely N-dealkylation sites (tertiary alicyclic amines) is 1. The van der Waals surface area contributed by atoms with Crippen molar-refractivity contribution in [2.75, 3.05) is 24.5 Å². The van der Waals surface area contributed by atoms with Gasteiger partial charge in [0, 0.05) is 24.7 Å². The van der Waals surface area contributed by atoms with Gasteiger partial charge < -0.3 is 9.80 Å². The molecule has 3 aliphatic rings. The Kier molecular flexibility index (Phi) is 3.46.